The molecule has 0 saturated carbocycles. The minimum Gasteiger partial charge on any atom is -0.481 e. The summed E-state index contributed by atoms with van der Waals surface area (Å²) in [5.41, 5.74) is -1.76. The number of carboxylic acids is 1. The van der Waals surface area contributed by atoms with E-state index >= 15 is 0 Å². The van der Waals surface area contributed by atoms with Crippen molar-refractivity contribution in [1.29, 1.82) is 0 Å². The Kier molecular flexibility index (Phi) is 6.66. The van der Waals surface area contributed by atoms with Crippen LogP contribution in [0.2, 0.25) is 0 Å². The van der Waals surface area contributed by atoms with Crippen LogP contribution in [0.5, 0.6) is 0 Å². The van der Waals surface area contributed by atoms with Gasteiger partial charge >= 0.3 is 5.97 Å². The molecule has 0 radical (unpaired) electrons. The first-order valence-corrected chi connectivity index (χ1v) is 6.74. The monoisotopic (exact) mass is 274 g/mol. The van der Waals surface area contributed by atoms with E-state index < -0.39 is 18.0 Å². The molecule has 19 heavy (non-hydrogen) atoms. The SMILES string of the molecule is CC(C)CCCC(=O)[C@@](O)(CC(=O)O)C[N+](C)(C)C. The highest BCUT2D eigenvalue weighted by atomic mass is 16.4. The second-order valence-corrected chi connectivity index (χ2v) is 6.76. The molecule has 0 aromatic heterocycles. The van der Waals surface area contributed by atoms with Gasteiger partial charge in [0.2, 0.25) is 0 Å². The minimum absolute atomic E-state index is 0.111. The number of aliphatic carboxylic acids is 1. The van der Waals surface area contributed by atoms with Gasteiger partial charge in [-0.15, -0.1) is 0 Å². The highest BCUT2D eigenvalue weighted by molar-refractivity contribution is 5.90. The maximum absolute atomic E-state index is 12.1. The van der Waals surface area contributed by atoms with Gasteiger partial charge in [-0.05, 0) is 12.3 Å². The first kappa shape index (κ1) is 18.1. The molecule has 0 aromatic rings. The standard InChI is InChI=1S/C14H27NO4/c1-11(2)7-6-8-12(16)14(19,9-13(17)18)10-15(3,4)5/h11,19H,6-10H2,1-5H3/p+1/t14-/m1/s1. The first-order valence-electron chi connectivity index (χ1n) is 6.74. The van der Waals surface area contributed by atoms with E-state index in [0.29, 0.717) is 16.8 Å². The van der Waals surface area contributed by atoms with Crippen LogP contribution < -0.4 is 0 Å². The largest absolute Gasteiger partial charge is 0.481 e. The Morgan fingerprint density at radius 1 is 1.21 bits per heavy atom. The highest BCUT2D eigenvalue weighted by Crippen LogP contribution is 2.20. The molecule has 0 rings (SSSR count). The summed E-state index contributed by atoms with van der Waals surface area (Å²) in [6, 6.07) is 0. The fraction of sp³-hybridized carbons (Fsp3) is 0.857. The summed E-state index contributed by atoms with van der Waals surface area (Å²) in [5, 5.41) is 19.3. The van der Waals surface area contributed by atoms with Crippen molar-refractivity contribution in [2.75, 3.05) is 27.7 Å². The first-order chi connectivity index (χ1) is 8.46. The van der Waals surface area contributed by atoms with Crippen LogP contribution in [0.4, 0.5) is 0 Å². The maximum atomic E-state index is 12.1. The topological polar surface area (TPSA) is 74.6 Å². The van der Waals surface area contributed by atoms with Crippen LogP contribution >= 0.6 is 0 Å². The molecule has 112 valence electrons. The Morgan fingerprint density at radius 3 is 2.11 bits per heavy atom. The number of aliphatic hydroxyl groups is 1. The fourth-order valence-electron chi connectivity index (χ4n) is 2.18. The molecule has 0 unspecified atom stereocenters. The van der Waals surface area contributed by atoms with Gasteiger partial charge in [-0.3, -0.25) is 9.59 Å². The Bertz CT molecular complexity index is 320. The van der Waals surface area contributed by atoms with Crippen molar-refractivity contribution in [2.24, 2.45) is 5.92 Å². The van der Waals surface area contributed by atoms with E-state index in [1.54, 1.807) is 0 Å². The van der Waals surface area contributed by atoms with Crippen molar-refractivity contribution in [3.63, 3.8) is 0 Å². The number of likely N-dealkylation sites (N-methyl/N-ethyl adjacent to an activating group) is 1. The van der Waals surface area contributed by atoms with Crippen LogP contribution in [-0.2, 0) is 9.59 Å². The summed E-state index contributed by atoms with van der Waals surface area (Å²) >= 11 is 0. The molecule has 1 atom stereocenters. The Labute approximate surface area is 115 Å². The summed E-state index contributed by atoms with van der Waals surface area (Å²) in [7, 11) is 5.48. The number of carboxylic acid groups (broad SMARTS) is 1. The molecule has 0 aliphatic rings. The van der Waals surface area contributed by atoms with E-state index in [4.69, 9.17) is 5.11 Å². The molecule has 5 heteroatoms. The van der Waals surface area contributed by atoms with Crippen LogP contribution in [0.1, 0.15) is 39.5 Å². The summed E-state index contributed by atoms with van der Waals surface area (Å²) < 4.78 is 0.347. The smallest absolute Gasteiger partial charge is 0.306 e. The molecule has 2 N–H and O–H groups in total. The van der Waals surface area contributed by atoms with Gasteiger partial charge in [0.1, 0.15) is 6.54 Å². The van der Waals surface area contributed by atoms with E-state index in [1.165, 1.54) is 0 Å². The maximum Gasteiger partial charge on any atom is 0.306 e. The number of rotatable bonds is 9. The number of carbonyl (C=O) groups is 2. The normalized spacial score (nSPS) is 15.3. The van der Waals surface area contributed by atoms with Gasteiger partial charge < -0.3 is 14.7 Å². The van der Waals surface area contributed by atoms with Crippen molar-refractivity contribution in [3.8, 4) is 0 Å². The lowest BCUT2D eigenvalue weighted by Gasteiger charge is -2.33. The third kappa shape index (κ3) is 7.95. The lowest BCUT2D eigenvalue weighted by Crippen LogP contribution is -2.54. The molecule has 0 bridgehead atoms. The summed E-state index contributed by atoms with van der Waals surface area (Å²) in [4.78, 5) is 23.0. The van der Waals surface area contributed by atoms with Crippen molar-refractivity contribution < 1.29 is 24.3 Å². The molecule has 0 aromatic carbocycles. The average molecular weight is 274 g/mol. The minimum atomic E-state index is -1.76. The average Bonchev–Trinajstić information content (AvgIpc) is 2.11. The van der Waals surface area contributed by atoms with Gasteiger partial charge in [0.05, 0.1) is 27.6 Å². The van der Waals surface area contributed by atoms with Crippen LogP contribution in [0, 0.1) is 5.92 Å². The zero-order valence-electron chi connectivity index (χ0n) is 12.8. The molecular formula is C14H28NO4+. The van der Waals surface area contributed by atoms with Crippen molar-refractivity contribution in [2.45, 2.75) is 45.1 Å². The van der Waals surface area contributed by atoms with Crippen LogP contribution in [0.15, 0.2) is 0 Å². The second kappa shape index (κ2) is 7.01. The number of hydrogen-bond acceptors (Lipinski definition) is 3. The van der Waals surface area contributed by atoms with Crippen molar-refractivity contribution in [3.05, 3.63) is 0 Å². The Morgan fingerprint density at radius 2 is 1.74 bits per heavy atom. The zero-order valence-corrected chi connectivity index (χ0v) is 12.8. The second-order valence-electron chi connectivity index (χ2n) is 6.76. The number of ketones is 1. The molecule has 0 aliphatic heterocycles. The Balaban J connectivity index is 4.73. The van der Waals surface area contributed by atoms with Gasteiger partial charge in [0.15, 0.2) is 11.4 Å². The quantitative estimate of drug-likeness (QED) is 0.621. The van der Waals surface area contributed by atoms with Gasteiger partial charge in [-0.25, -0.2) is 0 Å². The van der Waals surface area contributed by atoms with E-state index in [1.807, 2.05) is 21.1 Å². The summed E-state index contributed by atoms with van der Waals surface area (Å²) in [6.07, 6.45) is 1.31. The Hall–Kier alpha value is -0.940. The lowest BCUT2D eigenvalue weighted by molar-refractivity contribution is -0.875. The number of carbonyl (C=O) groups excluding carboxylic acids is 1. The van der Waals surface area contributed by atoms with Gasteiger partial charge in [0.25, 0.3) is 0 Å². The van der Waals surface area contributed by atoms with E-state index in [9.17, 15) is 14.7 Å². The van der Waals surface area contributed by atoms with Gasteiger partial charge in [-0.2, -0.15) is 0 Å². The number of Topliss-reactive ketones (excluding diaryl/α,β-unsaturated/α-hetero) is 1. The van der Waals surface area contributed by atoms with Crippen LogP contribution in [-0.4, -0.2) is 59.7 Å². The third-order valence-corrected chi connectivity index (χ3v) is 2.88. The number of nitrogens with zero attached hydrogens (tertiary/aromatic N) is 1. The number of quaternary nitrogens is 1. The predicted molar refractivity (Wildman–Crippen MR) is 73.8 cm³/mol. The van der Waals surface area contributed by atoms with Gasteiger partial charge in [0, 0.05) is 6.42 Å². The molecule has 0 spiro atoms. The lowest BCUT2D eigenvalue weighted by atomic mass is 9.89. The highest BCUT2D eigenvalue weighted by Gasteiger charge is 2.42. The summed E-state index contributed by atoms with van der Waals surface area (Å²) in [5.74, 6) is -1.00. The number of hydrogen-bond donors (Lipinski definition) is 2. The molecular weight excluding hydrogens is 246 g/mol. The van der Waals surface area contributed by atoms with Crippen molar-refractivity contribution >= 4 is 11.8 Å². The predicted octanol–water partition coefficient (Wildman–Crippen LogP) is 1.29. The van der Waals surface area contributed by atoms with Crippen molar-refractivity contribution in [1.82, 2.24) is 0 Å². The third-order valence-electron chi connectivity index (χ3n) is 2.88. The van der Waals surface area contributed by atoms with Crippen LogP contribution in [0.3, 0.4) is 0 Å². The molecule has 0 aliphatic carbocycles. The van der Waals surface area contributed by atoms with E-state index in [2.05, 4.69) is 13.8 Å². The summed E-state index contributed by atoms with van der Waals surface area (Å²) in [6.45, 7) is 4.25. The fourth-order valence-corrected chi connectivity index (χ4v) is 2.18. The molecule has 0 saturated heterocycles. The molecule has 0 heterocycles. The van der Waals surface area contributed by atoms with E-state index in [-0.39, 0.29) is 18.7 Å². The molecule has 5 nitrogen and oxygen atoms in total. The molecule has 0 fully saturated rings. The van der Waals surface area contributed by atoms with E-state index in [0.717, 1.165) is 6.42 Å². The van der Waals surface area contributed by atoms with Crippen LogP contribution in [0.25, 0.3) is 0 Å². The molecule has 0 amide bonds. The van der Waals surface area contributed by atoms with Gasteiger partial charge in [-0.1, -0.05) is 20.3 Å². The zero-order chi connectivity index (χ0) is 15.3.